The van der Waals surface area contributed by atoms with Gasteiger partial charge in [-0.15, -0.1) is 35.3 Å². The van der Waals surface area contributed by atoms with Crippen molar-refractivity contribution in [2.45, 2.75) is 33.2 Å². The fourth-order valence-corrected chi connectivity index (χ4v) is 3.35. The van der Waals surface area contributed by atoms with Crippen molar-refractivity contribution in [1.29, 1.82) is 0 Å². The molecule has 0 unspecified atom stereocenters. The van der Waals surface area contributed by atoms with Crippen LogP contribution in [-0.4, -0.2) is 36.5 Å². The van der Waals surface area contributed by atoms with E-state index in [9.17, 15) is 4.79 Å². The molecule has 154 valence electrons. The summed E-state index contributed by atoms with van der Waals surface area (Å²) in [5, 5.41) is 12.8. The molecule has 6 nitrogen and oxygen atoms in total. The van der Waals surface area contributed by atoms with E-state index in [-0.39, 0.29) is 29.9 Å². The fraction of sp³-hybridized carbons (Fsp3) is 0.421. The molecule has 2 aromatic rings. The predicted octanol–water partition coefficient (Wildman–Crippen LogP) is 4.02. The number of aromatic nitrogens is 1. The van der Waals surface area contributed by atoms with Crippen LogP contribution in [0.5, 0.6) is 0 Å². The van der Waals surface area contributed by atoms with Gasteiger partial charge in [0.25, 0.3) is 5.91 Å². The van der Waals surface area contributed by atoms with Gasteiger partial charge in [-0.05, 0) is 25.0 Å². The molecule has 0 aliphatic heterocycles. The van der Waals surface area contributed by atoms with E-state index in [0.29, 0.717) is 42.1 Å². The van der Waals surface area contributed by atoms with E-state index < -0.39 is 0 Å². The van der Waals surface area contributed by atoms with Gasteiger partial charge in [0.05, 0.1) is 22.8 Å². The minimum atomic E-state index is -0.187. The first-order valence-corrected chi connectivity index (χ1v) is 10.3. The van der Waals surface area contributed by atoms with Crippen LogP contribution in [0.3, 0.4) is 0 Å². The van der Waals surface area contributed by atoms with E-state index in [1.807, 2.05) is 6.92 Å². The molecule has 2 rings (SSSR count). The predicted molar refractivity (Wildman–Crippen MR) is 128 cm³/mol. The molecule has 0 saturated carbocycles. The largest absolute Gasteiger partial charge is 0.357 e. The number of hydrogen-bond donors (Lipinski definition) is 3. The maximum absolute atomic E-state index is 12.1. The summed E-state index contributed by atoms with van der Waals surface area (Å²) < 4.78 is 0. The van der Waals surface area contributed by atoms with Crippen LogP contribution in [0.4, 0.5) is 0 Å². The first kappa shape index (κ1) is 24.6. The van der Waals surface area contributed by atoms with Gasteiger partial charge in [0.15, 0.2) is 5.96 Å². The molecule has 0 atom stereocenters. The van der Waals surface area contributed by atoms with Gasteiger partial charge in [0, 0.05) is 25.0 Å². The third-order valence-corrected chi connectivity index (χ3v) is 4.88. The van der Waals surface area contributed by atoms with Crippen LogP contribution in [0.15, 0.2) is 34.6 Å². The number of aliphatic imine (C=N–C) groups is 1. The standard InChI is InChI=1S/C19H26ClN5OS.HI/c1-4-21-19(24-11-17-25-16(12-27-17)13(2)3)23-10-9-22-18(26)14-7-5-6-8-15(14)20;/h5-8,12-13H,4,9-11H2,1-3H3,(H,22,26)(H2,21,23,24);1H. The first-order valence-electron chi connectivity index (χ1n) is 9.00. The number of rotatable bonds is 8. The molecule has 9 heteroatoms. The third kappa shape index (κ3) is 7.92. The summed E-state index contributed by atoms with van der Waals surface area (Å²) in [5.74, 6) is 0.936. The number of carbonyl (C=O) groups is 1. The van der Waals surface area contributed by atoms with E-state index in [1.165, 1.54) is 0 Å². The zero-order valence-corrected chi connectivity index (χ0v) is 20.2. The van der Waals surface area contributed by atoms with Crippen LogP contribution in [0.25, 0.3) is 0 Å². The highest BCUT2D eigenvalue weighted by molar-refractivity contribution is 14.0. The van der Waals surface area contributed by atoms with Gasteiger partial charge in [0.2, 0.25) is 0 Å². The van der Waals surface area contributed by atoms with Gasteiger partial charge in [-0.25, -0.2) is 9.98 Å². The smallest absolute Gasteiger partial charge is 0.252 e. The van der Waals surface area contributed by atoms with Crippen molar-refractivity contribution in [3.05, 3.63) is 50.9 Å². The fourth-order valence-electron chi connectivity index (χ4n) is 2.25. The van der Waals surface area contributed by atoms with Crippen LogP contribution in [0.1, 0.15) is 47.7 Å². The normalized spacial score (nSPS) is 11.1. The maximum Gasteiger partial charge on any atom is 0.252 e. The van der Waals surface area contributed by atoms with Crippen molar-refractivity contribution in [2.24, 2.45) is 4.99 Å². The number of nitrogens with one attached hydrogen (secondary N) is 3. The number of amides is 1. The minimum Gasteiger partial charge on any atom is -0.357 e. The van der Waals surface area contributed by atoms with Crippen molar-refractivity contribution in [3.63, 3.8) is 0 Å². The molecule has 0 aliphatic rings. The SMILES string of the molecule is CCNC(=NCc1nc(C(C)C)cs1)NCCNC(=O)c1ccccc1Cl.I. The second-order valence-electron chi connectivity index (χ2n) is 6.18. The first-order chi connectivity index (χ1) is 13.0. The number of benzene rings is 1. The highest BCUT2D eigenvalue weighted by Gasteiger charge is 2.09. The number of hydrogen-bond acceptors (Lipinski definition) is 4. The van der Waals surface area contributed by atoms with Crippen LogP contribution in [0.2, 0.25) is 5.02 Å². The summed E-state index contributed by atoms with van der Waals surface area (Å²) in [7, 11) is 0. The Balaban J connectivity index is 0.00000392. The molecule has 0 radical (unpaired) electrons. The zero-order valence-electron chi connectivity index (χ0n) is 16.3. The van der Waals surface area contributed by atoms with Gasteiger partial charge < -0.3 is 16.0 Å². The Hall–Kier alpha value is -1.39. The Morgan fingerprint density at radius 3 is 2.57 bits per heavy atom. The Bertz CT molecular complexity index is 781. The average Bonchev–Trinajstić information content (AvgIpc) is 3.12. The molecule has 0 spiro atoms. The summed E-state index contributed by atoms with van der Waals surface area (Å²) in [6.45, 7) is 8.57. The van der Waals surface area contributed by atoms with E-state index in [2.05, 4.69) is 45.2 Å². The summed E-state index contributed by atoms with van der Waals surface area (Å²) in [5.41, 5.74) is 1.58. The lowest BCUT2D eigenvalue weighted by Gasteiger charge is -2.12. The van der Waals surface area contributed by atoms with Gasteiger partial charge in [0.1, 0.15) is 5.01 Å². The maximum atomic E-state index is 12.1. The Morgan fingerprint density at radius 2 is 1.93 bits per heavy atom. The second-order valence-corrected chi connectivity index (χ2v) is 7.53. The molecule has 0 fully saturated rings. The minimum absolute atomic E-state index is 0. The van der Waals surface area contributed by atoms with Crippen LogP contribution in [0, 0.1) is 0 Å². The molecule has 1 heterocycles. The summed E-state index contributed by atoms with van der Waals surface area (Å²) in [6.07, 6.45) is 0. The molecular weight excluding hydrogens is 509 g/mol. The Morgan fingerprint density at radius 1 is 1.21 bits per heavy atom. The molecule has 1 aromatic heterocycles. The van der Waals surface area contributed by atoms with E-state index in [0.717, 1.165) is 17.2 Å². The van der Waals surface area contributed by atoms with E-state index in [1.54, 1.807) is 35.6 Å². The number of carbonyl (C=O) groups excluding carboxylic acids is 1. The van der Waals surface area contributed by atoms with Crippen LogP contribution >= 0.6 is 46.9 Å². The van der Waals surface area contributed by atoms with Gasteiger partial charge in [-0.1, -0.05) is 37.6 Å². The average molecular weight is 536 g/mol. The summed E-state index contributed by atoms with van der Waals surface area (Å²) in [4.78, 5) is 21.3. The molecule has 1 amide bonds. The molecule has 3 N–H and O–H groups in total. The number of halogens is 2. The van der Waals surface area contributed by atoms with Crippen molar-refractivity contribution in [1.82, 2.24) is 20.9 Å². The van der Waals surface area contributed by atoms with Crippen LogP contribution < -0.4 is 16.0 Å². The van der Waals surface area contributed by atoms with Gasteiger partial charge in [-0.3, -0.25) is 4.79 Å². The molecular formula is C19H27ClIN5OS. The van der Waals surface area contributed by atoms with Crippen molar-refractivity contribution in [2.75, 3.05) is 19.6 Å². The summed E-state index contributed by atoms with van der Waals surface area (Å²) >= 11 is 7.66. The molecule has 28 heavy (non-hydrogen) atoms. The van der Waals surface area contributed by atoms with Crippen LogP contribution in [-0.2, 0) is 6.54 Å². The van der Waals surface area contributed by atoms with Gasteiger partial charge in [-0.2, -0.15) is 0 Å². The monoisotopic (exact) mass is 535 g/mol. The Labute approximate surface area is 192 Å². The molecule has 0 saturated heterocycles. The third-order valence-electron chi connectivity index (χ3n) is 3.70. The number of guanidine groups is 1. The number of nitrogens with zero attached hydrogens (tertiary/aromatic N) is 2. The lowest BCUT2D eigenvalue weighted by atomic mass is 10.2. The highest BCUT2D eigenvalue weighted by atomic mass is 127. The van der Waals surface area contributed by atoms with Gasteiger partial charge >= 0.3 is 0 Å². The molecule has 0 aliphatic carbocycles. The van der Waals surface area contributed by atoms with Crippen molar-refractivity contribution in [3.8, 4) is 0 Å². The number of thiazole rings is 1. The Kier molecular flexibility index (Phi) is 11.4. The summed E-state index contributed by atoms with van der Waals surface area (Å²) in [6, 6.07) is 6.99. The molecule has 1 aromatic carbocycles. The lowest BCUT2D eigenvalue weighted by Crippen LogP contribution is -2.41. The van der Waals surface area contributed by atoms with Crippen molar-refractivity contribution >= 4 is 58.8 Å². The quantitative estimate of drug-likeness (QED) is 0.206. The van der Waals surface area contributed by atoms with E-state index in [4.69, 9.17) is 11.6 Å². The highest BCUT2D eigenvalue weighted by Crippen LogP contribution is 2.18. The molecule has 0 bridgehead atoms. The second kappa shape index (κ2) is 12.9. The lowest BCUT2D eigenvalue weighted by molar-refractivity contribution is 0.0954. The van der Waals surface area contributed by atoms with Crippen molar-refractivity contribution < 1.29 is 4.79 Å². The topological polar surface area (TPSA) is 78.4 Å². The zero-order chi connectivity index (χ0) is 19.6. The van der Waals surface area contributed by atoms with E-state index >= 15 is 0 Å².